The molecule has 0 spiro atoms. The second kappa shape index (κ2) is 15.6. The van der Waals surface area contributed by atoms with Crippen molar-refractivity contribution in [3.63, 3.8) is 0 Å². The van der Waals surface area contributed by atoms with Crippen LogP contribution in [0.1, 0.15) is 46.5 Å². The Morgan fingerprint density at radius 2 is 1.67 bits per heavy atom. The summed E-state index contributed by atoms with van der Waals surface area (Å²) >= 11 is 0. The maximum atomic E-state index is 5.54. The summed E-state index contributed by atoms with van der Waals surface area (Å²) in [4.78, 5) is 6.69. The summed E-state index contributed by atoms with van der Waals surface area (Å²) in [7, 11) is 1.82. The molecule has 0 aromatic rings. The van der Waals surface area contributed by atoms with Crippen LogP contribution >= 0.6 is 0 Å². The van der Waals surface area contributed by atoms with Crippen molar-refractivity contribution in [1.82, 2.24) is 15.5 Å². The molecule has 0 aromatic carbocycles. The molecule has 0 saturated heterocycles. The monoisotopic (exact) mass is 300 g/mol. The van der Waals surface area contributed by atoms with E-state index in [1.54, 1.807) is 0 Å². The van der Waals surface area contributed by atoms with Gasteiger partial charge in [-0.2, -0.15) is 0 Å². The highest BCUT2D eigenvalue weighted by Crippen LogP contribution is 1.90. The van der Waals surface area contributed by atoms with Gasteiger partial charge in [0.25, 0.3) is 0 Å². The van der Waals surface area contributed by atoms with E-state index < -0.39 is 0 Å². The van der Waals surface area contributed by atoms with E-state index in [9.17, 15) is 0 Å². The molecule has 21 heavy (non-hydrogen) atoms. The van der Waals surface area contributed by atoms with Crippen LogP contribution in [0, 0.1) is 0 Å². The number of nitrogens with zero attached hydrogens (tertiary/aromatic N) is 2. The zero-order valence-corrected chi connectivity index (χ0v) is 14.6. The maximum Gasteiger partial charge on any atom is 0.191 e. The number of likely N-dealkylation sites (N-methyl/N-ethyl adjacent to an activating group) is 1. The van der Waals surface area contributed by atoms with E-state index in [4.69, 9.17) is 4.74 Å². The van der Waals surface area contributed by atoms with E-state index in [1.165, 1.54) is 19.4 Å². The quantitative estimate of drug-likeness (QED) is 0.311. The molecule has 0 fully saturated rings. The van der Waals surface area contributed by atoms with Crippen molar-refractivity contribution >= 4 is 5.96 Å². The van der Waals surface area contributed by atoms with Gasteiger partial charge < -0.3 is 20.3 Å². The second-order valence-electron chi connectivity index (χ2n) is 5.18. The minimum Gasteiger partial charge on any atom is -0.381 e. The Bertz CT molecular complexity index is 246. The van der Waals surface area contributed by atoms with Crippen molar-refractivity contribution in [2.24, 2.45) is 4.99 Å². The fourth-order valence-corrected chi connectivity index (χ4v) is 2.03. The molecule has 0 radical (unpaired) electrons. The third-order valence-corrected chi connectivity index (χ3v) is 3.33. The number of aliphatic imine (C=N–C) groups is 1. The van der Waals surface area contributed by atoms with E-state index in [0.717, 1.165) is 58.2 Å². The molecule has 0 aliphatic carbocycles. The van der Waals surface area contributed by atoms with Gasteiger partial charge in [0, 0.05) is 39.9 Å². The molecule has 0 aromatic heterocycles. The number of hydrogen-bond acceptors (Lipinski definition) is 3. The van der Waals surface area contributed by atoms with Crippen molar-refractivity contribution < 1.29 is 4.74 Å². The predicted octanol–water partition coefficient (Wildman–Crippen LogP) is 2.09. The lowest BCUT2D eigenvalue weighted by Gasteiger charge is -2.20. The molecule has 0 bridgehead atoms. The van der Waals surface area contributed by atoms with Gasteiger partial charge in [-0.15, -0.1) is 0 Å². The predicted molar refractivity (Wildman–Crippen MR) is 92.1 cm³/mol. The summed E-state index contributed by atoms with van der Waals surface area (Å²) in [5, 5.41) is 6.68. The number of unbranched alkanes of at least 4 members (excludes halogenated alkanes) is 1. The molecule has 5 nitrogen and oxygen atoms in total. The van der Waals surface area contributed by atoms with E-state index in [2.05, 4.69) is 41.3 Å². The number of nitrogens with one attached hydrogen (secondary N) is 2. The first kappa shape index (κ1) is 20.2. The SMILES string of the molecule is CCCCOCCCNC(=NC)NCCN(CC)CCC. The zero-order valence-electron chi connectivity index (χ0n) is 14.6. The molecule has 0 aliphatic rings. The third-order valence-electron chi connectivity index (χ3n) is 3.33. The lowest BCUT2D eigenvalue weighted by molar-refractivity contribution is 0.129. The van der Waals surface area contributed by atoms with Gasteiger partial charge in [0.15, 0.2) is 5.96 Å². The van der Waals surface area contributed by atoms with Crippen molar-refractivity contribution in [2.75, 3.05) is 53.0 Å². The molecular weight excluding hydrogens is 264 g/mol. The van der Waals surface area contributed by atoms with E-state index in [0.29, 0.717) is 0 Å². The molecule has 126 valence electrons. The third kappa shape index (κ3) is 12.6. The lowest BCUT2D eigenvalue weighted by Crippen LogP contribution is -2.42. The summed E-state index contributed by atoms with van der Waals surface area (Å²) in [6, 6.07) is 0. The highest BCUT2D eigenvalue weighted by Gasteiger charge is 2.01. The first-order chi connectivity index (χ1) is 10.3. The Labute approximate surface area is 131 Å². The van der Waals surface area contributed by atoms with Crippen LogP contribution in [-0.4, -0.2) is 63.8 Å². The van der Waals surface area contributed by atoms with Crippen molar-refractivity contribution in [1.29, 1.82) is 0 Å². The van der Waals surface area contributed by atoms with Gasteiger partial charge in [0.2, 0.25) is 0 Å². The van der Waals surface area contributed by atoms with Crippen LogP contribution in [0.15, 0.2) is 4.99 Å². The van der Waals surface area contributed by atoms with Gasteiger partial charge in [-0.3, -0.25) is 4.99 Å². The topological polar surface area (TPSA) is 48.9 Å². The van der Waals surface area contributed by atoms with E-state index >= 15 is 0 Å². The highest BCUT2D eigenvalue weighted by molar-refractivity contribution is 5.79. The van der Waals surface area contributed by atoms with Crippen molar-refractivity contribution in [2.45, 2.75) is 46.5 Å². The minimum absolute atomic E-state index is 0.824. The Balaban J connectivity index is 3.58. The molecule has 0 unspecified atom stereocenters. The smallest absolute Gasteiger partial charge is 0.191 e. The van der Waals surface area contributed by atoms with Crippen LogP contribution < -0.4 is 10.6 Å². The lowest BCUT2D eigenvalue weighted by atomic mass is 10.4. The van der Waals surface area contributed by atoms with Crippen molar-refractivity contribution in [3.8, 4) is 0 Å². The molecule has 2 N–H and O–H groups in total. The average molecular weight is 300 g/mol. The summed E-state index contributed by atoms with van der Waals surface area (Å²) < 4.78 is 5.54. The van der Waals surface area contributed by atoms with Gasteiger partial charge >= 0.3 is 0 Å². The van der Waals surface area contributed by atoms with Crippen LogP contribution in [0.4, 0.5) is 0 Å². The second-order valence-corrected chi connectivity index (χ2v) is 5.18. The summed E-state index contributed by atoms with van der Waals surface area (Å²) in [5.41, 5.74) is 0. The Morgan fingerprint density at radius 1 is 0.952 bits per heavy atom. The fourth-order valence-electron chi connectivity index (χ4n) is 2.03. The number of guanidine groups is 1. The van der Waals surface area contributed by atoms with Crippen LogP contribution in [0.3, 0.4) is 0 Å². The van der Waals surface area contributed by atoms with Gasteiger partial charge in [-0.05, 0) is 32.4 Å². The van der Waals surface area contributed by atoms with Crippen LogP contribution in [0.25, 0.3) is 0 Å². The molecule has 0 aliphatic heterocycles. The van der Waals surface area contributed by atoms with Crippen LogP contribution in [0.2, 0.25) is 0 Å². The summed E-state index contributed by atoms with van der Waals surface area (Å²) in [6.45, 7) is 13.5. The highest BCUT2D eigenvalue weighted by atomic mass is 16.5. The molecular formula is C16H36N4O. The zero-order chi connectivity index (χ0) is 15.8. The van der Waals surface area contributed by atoms with Gasteiger partial charge in [-0.1, -0.05) is 27.2 Å². The van der Waals surface area contributed by atoms with Gasteiger partial charge in [0.05, 0.1) is 0 Å². The maximum absolute atomic E-state index is 5.54. The van der Waals surface area contributed by atoms with E-state index in [-0.39, 0.29) is 0 Å². The molecule has 0 rings (SSSR count). The summed E-state index contributed by atoms with van der Waals surface area (Å²) in [6.07, 6.45) is 4.57. The fraction of sp³-hybridized carbons (Fsp3) is 0.938. The standard InChI is InChI=1S/C16H36N4O/c1-5-8-14-21-15-9-10-18-16(17-4)19-11-13-20(7-3)12-6-2/h5-15H2,1-4H3,(H2,17,18,19). The number of ether oxygens (including phenoxy) is 1. The molecule has 0 atom stereocenters. The normalized spacial score (nSPS) is 12.0. The Kier molecular flexibility index (Phi) is 15.0. The molecule has 0 heterocycles. The van der Waals surface area contributed by atoms with Gasteiger partial charge in [-0.25, -0.2) is 0 Å². The molecule has 0 amide bonds. The minimum atomic E-state index is 0.824. The van der Waals surface area contributed by atoms with Gasteiger partial charge in [0.1, 0.15) is 0 Å². The molecule has 0 saturated carbocycles. The van der Waals surface area contributed by atoms with Crippen molar-refractivity contribution in [3.05, 3.63) is 0 Å². The molecule has 5 heteroatoms. The van der Waals surface area contributed by atoms with Crippen LogP contribution in [-0.2, 0) is 4.74 Å². The van der Waals surface area contributed by atoms with Crippen LogP contribution in [0.5, 0.6) is 0 Å². The first-order valence-electron chi connectivity index (χ1n) is 8.53. The Hall–Kier alpha value is -0.810. The van der Waals surface area contributed by atoms with E-state index in [1.807, 2.05) is 7.05 Å². The largest absolute Gasteiger partial charge is 0.381 e. The summed E-state index contributed by atoms with van der Waals surface area (Å²) in [5.74, 6) is 0.885. The average Bonchev–Trinajstić information content (AvgIpc) is 2.51. The Morgan fingerprint density at radius 3 is 2.29 bits per heavy atom. The number of hydrogen-bond donors (Lipinski definition) is 2. The first-order valence-corrected chi connectivity index (χ1v) is 8.53. The number of rotatable bonds is 13.